The van der Waals surface area contributed by atoms with Crippen LogP contribution in [-0.2, 0) is 6.54 Å². The van der Waals surface area contributed by atoms with Crippen molar-refractivity contribution in [2.75, 3.05) is 20.1 Å². The normalized spacial score (nSPS) is 11.0. The molecular weight excluding hydrogens is 341 g/mol. The number of aliphatic imine (C=N–C) groups is 1. The monoisotopic (exact) mass is 365 g/mol. The van der Waals surface area contributed by atoms with Gasteiger partial charge in [-0.1, -0.05) is 0 Å². The standard InChI is InChI=1S/C12H23N5.HI/c1-5-14-12(13-4)15-7-6-8-17-11(3)9-10(2)16-17;/h9H,5-8H2,1-4H3,(H2,13,14,15);1H. The summed E-state index contributed by atoms with van der Waals surface area (Å²) in [5.74, 6) is 0.862. The van der Waals surface area contributed by atoms with Crippen LogP contribution < -0.4 is 10.6 Å². The predicted octanol–water partition coefficient (Wildman–Crippen LogP) is 1.69. The van der Waals surface area contributed by atoms with Gasteiger partial charge in [0.15, 0.2) is 5.96 Å². The Morgan fingerprint density at radius 1 is 1.39 bits per heavy atom. The van der Waals surface area contributed by atoms with E-state index in [2.05, 4.69) is 40.6 Å². The van der Waals surface area contributed by atoms with Gasteiger partial charge in [0.2, 0.25) is 0 Å². The lowest BCUT2D eigenvalue weighted by Crippen LogP contribution is -2.37. The summed E-state index contributed by atoms with van der Waals surface area (Å²) in [5.41, 5.74) is 2.30. The molecule has 0 spiro atoms. The first-order valence-electron chi connectivity index (χ1n) is 6.13. The first-order valence-corrected chi connectivity index (χ1v) is 6.13. The molecular formula is C12H24IN5. The Morgan fingerprint density at radius 2 is 2.11 bits per heavy atom. The fourth-order valence-corrected chi connectivity index (χ4v) is 1.72. The van der Waals surface area contributed by atoms with E-state index in [-0.39, 0.29) is 24.0 Å². The van der Waals surface area contributed by atoms with Gasteiger partial charge in [0.1, 0.15) is 0 Å². The molecule has 0 bridgehead atoms. The smallest absolute Gasteiger partial charge is 0.190 e. The summed E-state index contributed by atoms with van der Waals surface area (Å²) in [6.45, 7) is 8.90. The van der Waals surface area contributed by atoms with Gasteiger partial charge in [-0.15, -0.1) is 24.0 Å². The molecule has 1 aromatic heterocycles. The van der Waals surface area contributed by atoms with Gasteiger partial charge in [0.25, 0.3) is 0 Å². The van der Waals surface area contributed by atoms with Crippen molar-refractivity contribution in [3.8, 4) is 0 Å². The third-order valence-electron chi connectivity index (χ3n) is 2.51. The largest absolute Gasteiger partial charge is 0.357 e. The first kappa shape index (κ1) is 17.2. The van der Waals surface area contributed by atoms with E-state index in [0.29, 0.717) is 0 Å². The van der Waals surface area contributed by atoms with Crippen LogP contribution in [0.25, 0.3) is 0 Å². The molecule has 1 rings (SSSR count). The van der Waals surface area contributed by atoms with Gasteiger partial charge >= 0.3 is 0 Å². The Kier molecular flexibility index (Phi) is 8.78. The number of hydrogen-bond acceptors (Lipinski definition) is 2. The summed E-state index contributed by atoms with van der Waals surface area (Å²) in [6, 6.07) is 2.10. The number of aromatic nitrogens is 2. The minimum atomic E-state index is 0. The zero-order valence-corrected chi connectivity index (χ0v) is 14.0. The molecule has 5 nitrogen and oxygen atoms in total. The summed E-state index contributed by atoms with van der Waals surface area (Å²) < 4.78 is 2.05. The molecule has 0 fully saturated rings. The van der Waals surface area contributed by atoms with Crippen LogP contribution in [0.15, 0.2) is 11.1 Å². The van der Waals surface area contributed by atoms with E-state index in [9.17, 15) is 0 Å². The Morgan fingerprint density at radius 3 is 2.61 bits per heavy atom. The van der Waals surface area contributed by atoms with Gasteiger partial charge in [-0.25, -0.2) is 0 Å². The van der Waals surface area contributed by atoms with E-state index in [1.807, 2.05) is 11.6 Å². The van der Waals surface area contributed by atoms with Gasteiger partial charge in [0, 0.05) is 32.4 Å². The van der Waals surface area contributed by atoms with Crippen LogP contribution in [-0.4, -0.2) is 35.9 Å². The van der Waals surface area contributed by atoms with E-state index in [1.165, 1.54) is 5.69 Å². The van der Waals surface area contributed by atoms with E-state index in [1.54, 1.807) is 7.05 Å². The second kappa shape index (κ2) is 9.18. The molecule has 0 unspecified atom stereocenters. The van der Waals surface area contributed by atoms with Crippen molar-refractivity contribution in [2.45, 2.75) is 33.7 Å². The van der Waals surface area contributed by atoms with E-state index < -0.39 is 0 Å². The first-order chi connectivity index (χ1) is 8.17. The van der Waals surface area contributed by atoms with Gasteiger partial charge < -0.3 is 10.6 Å². The third-order valence-corrected chi connectivity index (χ3v) is 2.51. The third kappa shape index (κ3) is 5.70. The molecule has 0 aliphatic heterocycles. The summed E-state index contributed by atoms with van der Waals surface area (Å²) in [6.07, 6.45) is 1.03. The van der Waals surface area contributed by atoms with Crippen molar-refractivity contribution in [1.82, 2.24) is 20.4 Å². The number of hydrogen-bond donors (Lipinski definition) is 2. The Balaban J connectivity index is 0.00000289. The fraction of sp³-hybridized carbons (Fsp3) is 0.667. The van der Waals surface area contributed by atoms with Crippen LogP contribution in [0.4, 0.5) is 0 Å². The Labute approximate surface area is 126 Å². The van der Waals surface area contributed by atoms with Crippen LogP contribution in [0, 0.1) is 13.8 Å². The number of halogens is 1. The highest BCUT2D eigenvalue weighted by Crippen LogP contribution is 2.01. The molecule has 0 amide bonds. The van der Waals surface area contributed by atoms with Crippen LogP contribution in [0.2, 0.25) is 0 Å². The Hall–Kier alpha value is -0.790. The number of nitrogens with zero attached hydrogens (tertiary/aromatic N) is 3. The highest BCUT2D eigenvalue weighted by atomic mass is 127. The molecule has 0 radical (unpaired) electrons. The van der Waals surface area contributed by atoms with Crippen molar-refractivity contribution in [1.29, 1.82) is 0 Å². The van der Waals surface area contributed by atoms with Gasteiger partial charge in [-0.2, -0.15) is 5.10 Å². The van der Waals surface area contributed by atoms with Crippen LogP contribution in [0.5, 0.6) is 0 Å². The average Bonchev–Trinajstić information content (AvgIpc) is 2.62. The quantitative estimate of drug-likeness (QED) is 0.361. The van der Waals surface area contributed by atoms with Gasteiger partial charge in [-0.3, -0.25) is 9.67 Å². The number of guanidine groups is 1. The maximum Gasteiger partial charge on any atom is 0.190 e. The second-order valence-electron chi connectivity index (χ2n) is 4.03. The van der Waals surface area contributed by atoms with E-state index >= 15 is 0 Å². The molecule has 0 aromatic carbocycles. The number of nitrogens with one attached hydrogen (secondary N) is 2. The van der Waals surface area contributed by atoms with E-state index in [4.69, 9.17) is 0 Å². The van der Waals surface area contributed by atoms with Crippen molar-refractivity contribution in [2.24, 2.45) is 4.99 Å². The average molecular weight is 365 g/mol. The van der Waals surface area contributed by atoms with Crippen molar-refractivity contribution >= 4 is 29.9 Å². The van der Waals surface area contributed by atoms with Crippen molar-refractivity contribution in [3.63, 3.8) is 0 Å². The van der Waals surface area contributed by atoms with Gasteiger partial charge in [-0.05, 0) is 33.3 Å². The summed E-state index contributed by atoms with van der Waals surface area (Å²) in [7, 11) is 1.78. The summed E-state index contributed by atoms with van der Waals surface area (Å²) in [5, 5.41) is 10.9. The minimum absolute atomic E-state index is 0. The maximum absolute atomic E-state index is 4.43. The lowest BCUT2D eigenvalue weighted by molar-refractivity contribution is 0.555. The zero-order chi connectivity index (χ0) is 12.7. The van der Waals surface area contributed by atoms with Crippen LogP contribution >= 0.6 is 24.0 Å². The van der Waals surface area contributed by atoms with Crippen molar-refractivity contribution in [3.05, 3.63) is 17.5 Å². The fourth-order valence-electron chi connectivity index (χ4n) is 1.72. The summed E-state index contributed by atoms with van der Waals surface area (Å²) >= 11 is 0. The lowest BCUT2D eigenvalue weighted by atomic mass is 10.4. The minimum Gasteiger partial charge on any atom is -0.357 e. The van der Waals surface area contributed by atoms with Gasteiger partial charge in [0.05, 0.1) is 5.69 Å². The molecule has 0 aliphatic rings. The number of rotatable bonds is 5. The number of aryl methyl sites for hydroxylation is 3. The molecule has 0 saturated heterocycles. The molecule has 0 saturated carbocycles. The molecule has 104 valence electrons. The maximum atomic E-state index is 4.43. The molecule has 0 aliphatic carbocycles. The highest BCUT2D eigenvalue weighted by Gasteiger charge is 2.00. The summed E-state index contributed by atoms with van der Waals surface area (Å²) in [4.78, 5) is 4.12. The van der Waals surface area contributed by atoms with Crippen molar-refractivity contribution < 1.29 is 0 Å². The molecule has 2 N–H and O–H groups in total. The Bertz CT molecular complexity index is 373. The molecule has 1 aromatic rings. The van der Waals surface area contributed by atoms with Crippen LogP contribution in [0.3, 0.4) is 0 Å². The molecule has 0 atom stereocenters. The SMILES string of the molecule is CCNC(=NC)NCCCn1nc(C)cc1C.I. The molecule has 1 heterocycles. The second-order valence-corrected chi connectivity index (χ2v) is 4.03. The zero-order valence-electron chi connectivity index (χ0n) is 11.7. The molecule has 6 heteroatoms. The molecule has 18 heavy (non-hydrogen) atoms. The highest BCUT2D eigenvalue weighted by molar-refractivity contribution is 14.0. The van der Waals surface area contributed by atoms with E-state index in [0.717, 1.165) is 37.7 Å². The topological polar surface area (TPSA) is 54.2 Å². The van der Waals surface area contributed by atoms with Crippen LogP contribution in [0.1, 0.15) is 24.7 Å². The lowest BCUT2D eigenvalue weighted by Gasteiger charge is -2.10. The predicted molar refractivity (Wildman–Crippen MR) is 86.8 cm³/mol.